The molecule has 128 valence electrons. The van der Waals surface area contributed by atoms with Crippen molar-refractivity contribution in [2.24, 2.45) is 0 Å². The summed E-state index contributed by atoms with van der Waals surface area (Å²) < 4.78 is 27.4. The number of anilines is 1. The van der Waals surface area contributed by atoms with Gasteiger partial charge in [-0.05, 0) is 49.6 Å². The Morgan fingerprint density at radius 1 is 1.00 bits per heavy atom. The fourth-order valence-electron chi connectivity index (χ4n) is 3.19. The molecule has 1 aromatic heterocycles. The van der Waals surface area contributed by atoms with E-state index in [1.807, 2.05) is 51.9 Å². The van der Waals surface area contributed by atoms with Crippen molar-refractivity contribution >= 4 is 15.8 Å². The molecule has 1 aromatic carbocycles. The zero-order valence-electron chi connectivity index (χ0n) is 14.8. The molecular formula is C18H23N3O2S. The molecule has 2 heterocycles. The first-order valence-corrected chi connectivity index (χ1v) is 9.39. The standard InChI is InChI=1S/C18H23N3O2S/c1-12-6-8-15(9-7-12)24(22,23)21-10-16-13(2)18(20(4)5)19-14(3)17(16)11-21/h6-9H,10-11H2,1-5H3. The third kappa shape index (κ3) is 2.70. The van der Waals surface area contributed by atoms with Crippen molar-refractivity contribution in [3.8, 4) is 0 Å². The average Bonchev–Trinajstić information content (AvgIpc) is 2.98. The summed E-state index contributed by atoms with van der Waals surface area (Å²) in [5.74, 6) is 0.904. The Morgan fingerprint density at radius 2 is 1.58 bits per heavy atom. The third-order valence-corrected chi connectivity index (χ3v) is 6.42. The van der Waals surface area contributed by atoms with E-state index < -0.39 is 10.0 Å². The maximum absolute atomic E-state index is 13.0. The van der Waals surface area contributed by atoms with Crippen molar-refractivity contribution in [2.45, 2.75) is 38.8 Å². The molecular weight excluding hydrogens is 322 g/mol. The van der Waals surface area contributed by atoms with Crippen molar-refractivity contribution in [1.29, 1.82) is 0 Å². The Bertz CT molecular complexity index is 887. The largest absolute Gasteiger partial charge is 0.363 e. The Morgan fingerprint density at radius 3 is 2.17 bits per heavy atom. The van der Waals surface area contributed by atoms with E-state index in [0.29, 0.717) is 18.0 Å². The summed E-state index contributed by atoms with van der Waals surface area (Å²) in [4.78, 5) is 6.97. The Balaban J connectivity index is 2.01. The van der Waals surface area contributed by atoms with Crippen LogP contribution >= 0.6 is 0 Å². The lowest BCUT2D eigenvalue weighted by atomic mass is 10.0. The third-order valence-electron chi connectivity index (χ3n) is 4.61. The molecule has 6 heteroatoms. The van der Waals surface area contributed by atoms with E-state index >= 15 is 0 Å². The normalized spacial score (nSPS) is 14.7. The average molecular weight is 345 g/mol. The lowest BCUT2D eigenvalue weighted by molar-refractivity contribution is 0.431. The van der Waals surface area contributed by atoms with Crippen molar-refractivity contribution in [3.05, 3.63) is 52.2 Å². The van der Waals surface area contributed by atoms with Crippen molar-refractivity contribution in [3.63, 3.8) is 0 Å². The molecule has 1 aliphatic rings. The van der Waals surface area contributed by atoms with Crippen LogP contribution in [-0.4, -0.2) is 31.8 Å². The van der Waals surface area contributed by atoms with Gasteiger partial charge >= 0.3 is 0 Å². The van der Waals surface area contributed by atoms with Crippen molar-refractivity contribution < 1.29 is 8.42 Å². The molecule has 0 saturated carbocycles. The summed E-state index contributed by atoms with van der Waals surface area (Å²) in [6.07, 6.45) is 0. The van der Waals surface area contributed by atoms with E-state index in [4.69, 9.17) is 0 Å². The highest BCUT2D eigenvalue weighted by molar-refractivity contribution is 7.89. The maximum atomic E-state index is 13.0. The van der Waals surface area contributed by atoms with Gasteiger partial charge in [-0.15, -0.1) is 0 Å². The van der Waals surface area contributed by atoms with Crippen LogP contribution in [0.4, 0.5) is 5.82 Å². The second-order valence-electron chi connectivity index (χ2n) is 6.58. The molecule has 0 radical (unpaired) electrons. The number of pyridine rings is 1. The zero-order chi connectivity index (χ0) is 17.6. The summed E-state index contributed by atoms with van der Waals surface area (Å²) in [6.45, 7) is 6.71. The van der Waals surface area contributed by atoms with E-state index in [1.165, 1.54) is 0 Å². The summed E-state index contributed by atoms with van der Waals surface area (Å²) in [5, 5.41) is 0. The fraction of sp³-hybridized carbons (Fsp3) is 0.389. The molecule has 0 bridgehead atoms. The molecule has 1 aliphatic heterocycles. The smallest absolute Gasteiger partial charge is 0.243 e. The van der Waals surface area contributed by atoms with Crippen LogP contribution in [0, 0.1) is 20.8 Å². The van der Waals surface area contributed by atoms with Gasteiger partial charge in [-0.3, -0.25) is 0 Å². The minimum atomic E-state index is -3.50. The van der Waals surface area contributed by atoms with E-state index in [9.17, 15) is 8.42 Å². The second kappa shape index (κ2) is 5.86. The highest BCUT2D eigenvalue weighted by Gasteiger charge is 2.33. The van der Waals surface area contributed by atoms with Crippen LogP contribution in [0.25, 0.3) is 0 Å². The van der Waals surface area contributed by atoms with Gasteiger partial charge in [0.25, 0.3) is 0 Å². The van der Waals surface area contributed by atoms with Gasteiger partial charge in [0.15, 0.2) is 0 Å². The number of benzene rings is 1. The van der Waals surface area contributed by atoms with Crippen LogP contribution in [0.2, 0.25) is 0 Å². The van der Waals surface area contributed by atoms with Gasteiger partial charge in [0.05, 0.1) is 4.90 Å². The number of aryl methyl sites for hydroxylation is 2. The maximum Gasteiger partial charge on any atom is 0.243 e. The van der Waals surface area contributed by atoms with E-state index in [1.54, 1.807) is 16.4 Å². The number of sulfonamides is 1. The monoisotopic (exact) mass is 345 g/mol. The van der Waals surface area contributed by atoms with Crippen LogP contribution in [0.1, 0.15) is 27.9 Å². The molecule has 0 amide bonds. The molecule has 5 nitrogen and oxygen atoms in total. The number of nitrogens with zero attached hydrogens (tertiary/aromatic N) is 3. The molecule has 0 saturated heterocycles. The van der Waals surface area contributed by atoms with Crippen LogP contribution in [0.3, 0.4) is 0 Å². The molecule has 0 aliphatic carbocycles. The van der Waals surface area contributed by atoms with E-state index in [0.717, 1.165) is 33.8 Å². The topological polar surface area (TPSA) is 53.5 Å². The quantitative estimate of drug-likeness (QED) is 0.858. The minimum absolute atomic E-state index is 0.344. The minimum Gasteiger partial charge on any atom is -0.363 e. The predicted octanol–water partition coefficient (Wildman–Crippen LogP) is 2.78. The first-order chi connectivity index (χ1) is 11.2. The van der Waals surface area contributed by atoms with Gasteiger partial charge in [0.1, 0.15) is 5.82 Å². The lowest BCUT2D eigenvalue weighted by Crippen LogP contribution is -2.25. The van der Waals surface area contributed by atoms with Crippen LogP contribution in [-0.2, 0) is 23.1 Å². The predicted molar refractivity (Wildman–Crippen MR) is 95.6 cm³/mol. The van der Waals surface area contributed by atoms with Gasteiger partial charge in [0.2, 0.25) is 10.0 Å². The zero-order valence-corrected chi connectivity index (χ0v) is 15.6. The van der Waals surface area contributed by atoms with Crippen LogP contribution < -0.4 is 4.90 Å². The van der Waals surface area contributed by atoms with Crippen molar-refractivity contribution in [1.82, 2.24) is 9.29 Å². The number of aromatic nitrogens is 1. The summed E-state index contributed by atoms with van der Waals surface area (Å²) >= 11 is 0. The Labute approximate surface area is 144 Å². The summed E-state index contributed by atoms with van der Waals surface area (Å²) in [6, 6.07) is 7.02. The summed E-state index contributed by atoms with van der Waals surface area (Å²) in [7, 11) is 0.413. The SMILES string of the molecule is Cc1ccc(S(=O)(=O)N2Cc3c(C)nc(N(C)C)c(C)c3C2)cc1. The number of fused-ring (bicyclic) bond motifs is 1. The van der Waals surface area contributed by atoms with Crippen LogP contribution in [0.15, 0.2) is 29.2 Å². The molecule has 0 N–H and O–H groups in total. The highest BCUT2D eigenvalue weighted by atomic mass is 32.2. The number of hydrogen-bond donors (Lipinski definition) is 0. The lowest BCUT2D eigenvalue weighted by Gasteiger charge is -2.18. The van der Waals surface area contributed by atoms with E-state index in [2.05, 4.69) is 4.98 Å². The molecule has 0 spiro atoms. The highest BCUT2D eigenvalue weighted by Crippen LogP contribution is 2.35. The van der Waals surface area contributed by atoms with Gasteiger partial charge in [-0.1, -0.05) is 17.7 Å². The first-order valence-electron chi connectivity index (χ1n) is 7.95. The Hall–Kier alpha value is -1.92. The molecule has 3 rings (SSSR count). The molecule has 2 aromatic rings. The van der Waals surface area contributed by atoms with Gasteiger partial charge in [-0.2, -0.15) is 4.31 Å². The van der Waals surface area contributed by atoms with Crippen LogP contribution in [0.5, 0.6) is 0 Å². The Kier molecular flexibility index (Phi) is 4.13. The molecule has 0 unspecified atom stereocenters. The van der Waals surface area contributed by atoms with Gasteiger partial charge in [-0.25, -0.2) is 13.4 Å². The van der Waals surface area contributed by atoms with Crippen molar-refractivity contribution in [2.75, 3.05) is 19.0 Å². The van der Waals surface area contributed by atoms with Gasteiger partial charge < -0.3 is 4.90 Å². The van der Waals surface area contributed by atoms with Gasteiger partial charge in [0, 0.05) is 32.9 Å². The summed E-state index contributed by atoms with van der Waals surface area (Å²) in [5.41, 5.74) is 5.13. The number of hydrogen-bond acceptors (Lipinski definition) is 4. The fourth-order valence-corrected chi connectivity index (χ4v) is 4.56. The van der Waals surface area contributed by atoms with E-state index in [-0.39, 0.29) is 0 Å². The molecule has 24 heavy (non-hydrogen) atoms. The first kappa shape index (κ1) is 16.9. The second-order valence-corrected chi connectivity index (χ2v) is 8.52. The number of rotatable bonds is 3. The molecule has 0 atom stereocenters. The molecule has 0 fully saturated rings.